The minimum absolute atomic E-state index is 0.108. The smallest absolute Gasteiger partial charge is 0.416 e. The second-order valence-corrected chi connectivity index (χ2v) is 5.26. The van der Waals surface area contributed by atoms with E-state index in [-0.39, 0.29) is 6.10 Å². The van der Waals surface area contributed by atoms with E-state index in [0.29, 0.717) is 24.4 Å². The Bertz CT molecular complexity index is 571. The maximum Gasteiger partial charge on any atom is 0.416 e. The number of halogens is 3. The summed E-state index contributed by atoms with van der Waals surface area (Å²) in [6.45, 7) is 2.14. The van der Waals surface area contributed by atoms with E-state index in [2.05, 4.69) is 10.3 Å². The fourth-order valence-electron chi connectivity index (χ4n) is 2.62. The predicted octanol–water partition coefficient (Wildman–Crippen LogP) is 2.29. The molecular weight excluding hydrogens is 283 g/mol. The van der Waals surface area contributed by atoms with E-state index >= 15 is 0 Å². The molecule has 0 spiro atoms. The highest BCUT2D eigenvalue weighted by Crippen LogP contribution is 2.39. The van der Waals surface area contributed by atoms with Gasteiger partial charge in [-0.2, -0.15) is 13.2 Å². The molecule has 0 saturated carbocycles. The van der Waals surface area contributed by atoms with Crippen molar-refractivity contribution in [2.45, 2.75) is 18.7 Å². The van der Waals surface area contributed by atoms with Crippen LogP contribution in [0.3, 0.4) is 0 Å². The van der Waals surface area contributed by atoms with Crippen LogP contribution in [0.5, 0.6) is 5.75 Å². The molecule has 0 fully saturated rings. The molecule has 0 saturated heterocycles. The molecule has 4 nitrogen and oxygen atoms in total. The lowest BCUT2D eigenvalue weighted by molar-refractivity contribution is -0.137. The summed E-state index contributed by atoms with van der Waals surface area (Å²) in [6.07, 6.45) is -3.80. The molecule has 1 unspecified atom stereocenters. The van der Waals surface area contributed by atoms with E-state index in [1.807, 2.05) is 0 Å². The van der Waals surface area contributed by atoms with Crippen molar-refractivity contribution in [3.05, 3.63) is 23.8 Å². The zero-order chi connectivity index (χ0) is 15.0. The van der Waals surface area contributed by atoms with Crippen molar-refractivity contribution in [1.82, 2.24) is 5.32 Å². The van der Waals surface area contributed by atoms with Crippen LogP contribution in [0.25, 0.3) is 0 Å². The van der Waals surface area contributed by atoms with Crippen LogP contribution in [0, 0.1) is 0 Å². The molecule has 2 aliphatic rings. The average molecular weight is 299 g/mol. The predicted molar refractivity (Wildman–Crippen MR) is 74.1 cm³/mol. The van der Waals surface area contributed by atoms with E-state index in [0.717, 1.165) is 31.1 Å². The molecule has 21 heavy (non-hydrogen) atoms. The van der Waals surface area contributed by atoms with Crippen LogP contribution in [-0.4, -0.2) is 38.6 Å². The number of nitrogens with one attached hydrogen (secondary N) is 1. The number of ether oxygens (including phenoxy) is 1. The number of aliphatic imine (C=N–C) groups is 1. The molecule has 0 radical (unpaired) electrons. The van der Waals surface area contributed by atoms with Crippen molar-refractivity contribution in [3.8, 4) is 5.75 Å². The lowest BCUT2D eigenvalue weighted by Gasteiger charge is -2.34. The van der Waals surface area contributed by atoms with E-state index < -0.39 is 11.7 Å². The maximum atomic E-state index is 12.7. The number of anilines is 1. The maximum absolute atomic E-state index is 12.7. The minimum Gasteiger partial charge on any atom is -0.486 e. The van der Waals surface area contributed by atoms with Crippen LogP contribution in [0.1, 0.15) is 12.0 Å². The van der Waals surface area contributed by atoms with Gasteiger partial charge >= 0.3 is 6.18 Å². The van der Waals surface area contributed by atoms with Gasteiger partial charge in [0.1, 0.15) is 17.7 Å². The molecule has 1 aromatic rings. The first-order chi connectivity index (χ1) is 9.93. The first kappa shape index (κ1) is 14.0. The summed E-state index contributed by atoms with van der Waals surface area (Å²) in [5.74, 6) is 1.39. The largest absolute Gasteiger partial charge is 0.486 e. The molecule has 2 aliphatic heterocycles. The number of benzene rings is 1. The SMILES string of the molecule is CN1CC(CC2=NCCN2)Oc2ccc(C(F)(F)F)cc21. The van der Waals surface area contributed by atoms with E-state index in [9.17, 15) is 13.2 Å². The van der Waals surface area contributed by atoms with Crippen LogP contribution in [0.2, 0.25) is 0 Å². The number of hydrogen-bond acceptors (Lipinski definition) is 4. The Morgan fingerprint density at radius 1 is 1.43 bits per heavy atom. The number of fused-ring (bicyclic) bond motifs is 1. The van der Waals surface area contributed by atoms with Crippen LogP contribution in [0.15, 0.2) is 23.2 Å². The topological polar surface area (TPSA) is 36.9 Å². The van der Waals surface area contributed by atoms with Gasteiger partial charge in [-0.25, -0.2) is 0 Å². The highest BCUT2D eigenvalue weighted by atomic mass is 19.4. The minimum atomic E-state index is -4.34. The molecule has 1 atom stereocenters. The van der Waals surface area contributed by atoms with Gasteiger partial charge in [0.2, 0.25) is 0 Å². The first-order valence-corrected chi connectivity index (χ1v) is 6.80. The summed E-state index contributed by atoms with van der Waals surface area (Å²) in [4.78, 5) is 6.12. The Kier molecular flexibility index (Phi) is 3.43. The number of likely N-dealkylation sites (N-methyl/N-ethyl adjacent to an activating group) is 1. The molecule has 1 N–H and O–H groups in total. The van der Waals surface area contributed by atoms with Gasteiger partial charge < -0.3 is 15.0 Å². The van der Waals surface area contributed by atoms with Crippen molar-refractivity contribution < 1.29 is 17.9 Å². The molecule has 114 valence electrons. The molecule has 0 aliphatic carbocycles. The van der Waals surface area contributed by atoms with Crippen LogP contribution >= 0.6 is 0 Å². The third-order valence-corrected chi connectivity index (χ3v) is 3.63. The monoisotopic (exact) mass is 299 g/mol. The fraction of sp³-hybridized carbons (Fsp3) is 0.500. The summed E-state index contributed by atoms with van der Waals surface area (Å²) >= 11 is 0. The lowest BCUT2D eigenvalue weighted by atomic mass is 10.1. The van der Waals surface area contributed by atoms with Gasteiger partial charge in [-0.3, -0.25) is 4.99 Å². The standard InChI is InChI=1S/C14H16F3N3O/c1-20-8-10(7-13-18-4-5-19-13)21-12-3-2-9(6-11(12)20)14(15,16)17/h2-3,6,10H,4-5,7-8H2,1H3,(H,18,19). The van der Waals surface area contributed by atoms with Gasteiger partial charge in [-0.05, 0) is 18.2 Å². The number of hydrogen-bond donors (Lipinski definition) is 1. The summed E-state index contributed by atoms with van der Waals surface area (Å²) < 4.78 is 44.0. The van der Waals surface area contributed by atoms with Gasteiger partial charge in [-0.15, -0.1) is 0 Å². The zero-order valence-electron chi connectivity index (χ0n) is 11.6. The molecule has 2 heterocycles. The van der Waals surface area contributed by atoms with E-state index in [4.69, 9.17) is 4.74 Å². The van der Waals surface area contributed by atoms with Gasteiger partial charge in [-0.1, -0.05) is 0 Å². The Labute approximate surface area is 120 Å². The molecule has 0 bridgehead atoms. The first-order valence-electron chi connectivity index (χ1n) is 6.80. The van der Waals surface area contributed by atoms with Gasteiger partial charge in [0.15, 0.2) is 0 Å². The molecule has 0 aromatic heterocycles. The number of rotatable bonds is 2. The van der Waals surface area contributed by atoms with Crippen molar-refractivity contribution in [2.24, 2.45) is 4.99 Å². The number of nitrogens with zero attached hydrogens (tertiary/aromatic N) is 2. The highest BCUT2D eigenvalue weighted by molar-refractivity contribution is 5.84. The second kappa shape index (κ2) is 5.13. The van der Waals surface area contributed by atoms with E-state index in [1.54, 1.807) is 11.9 Å². The molecule has 3 rings (SSSR count). The van der Waals surface area contributed by atoms with Crippen LogP contribution in [-0.2, 0) is 6.18 Å². The zero-order valence-corrected chi connectivity index (χ0v) is 11.6. The highest BCUT2D eigenvalue weighted by Gasteiger charge is 2.33. The Hall–Kier alpha value is -1.92. The van der Waals surface area contributed by atoms with Crippen molar-refractivity contribution >= 4 is 11.5 Å². The summed E-state index contributed by atoms with van der Waals surface area (Å²) in [5.41, 5.74) is -0.181. The fourth-order valence-corrected chi connectivity index (χ4v) is 2.62. The Morgan fingerprint density at radius 3 is 2.90 bits per heavy atom. The van der Waals surface area contributed by atoms with Gasteiger partial charge in [0.05, 0.1) is 24.3 Å². The van der Waals surface area contributed by atoms with Crippen molar-refractivity contribution in [3.63, 3.8) is 0 Å². The van der Waals surface area contributed by atoms with Crippen molar-refractivity contribution in [2.75, 3.05) is 31.6 Å². The number of amidine groups is 1. The van der Waals surface area contributed by atoms with Crippen LogP contribution in [0.4, 0.5) is 18.9 Å². The summed E-state index contributed by atoms with van der Waals surface area (Å²) in [7, 11) is 1.78. The number of alkyl halides is 3. The lowest BCUT2D eigenvalue weighted by Crippen LogP contribution is -2.40. The normalized spacial score (nSPS) is 21.4. The second-order valence-electron chi connectivity index (χ2n) is 5.26. The summed E-state index contributed by atoms with van der Waals surface area (Å²) in [6, 6.07) is 3.59. The van der Waals surface area contributed by atoms with Gasteiger partial charge in [0.25, 0.3) is 0 Å². The molecule has 1 aromatic carbocycles. The average Bonchev–Trinajstić information content (AvgIpc) is 2.90. The Morgan fingerprint density at radius 2 is 2.24 bits per heavy atom. The quantitative estimate of drug-likeness (QED) is 0.910. The molecule has 0 amide bonds. The van der Waals surface area contributed by atoms with E-state index in [1.165, 1.54) is 6.07 Å². The Balaban J connectivity index is 1.79. The molecular formula is C14H16F3N3O. The van der Waals surface area contributed by atoms with Crippen LogP contribution < -0.4 is 15.0 Å². The van der Waals surface area contributed by atoms with Gasteiger partial charge in [0, 0.05) is 20.0 Å². The molecule has 7 heteroatoms. The third kappa shape index (κ3) is 2.91. The van der Waals surface area contributed by atoms with Crippen molar-refractivity contribution in [1.29, 1.82) is 0 Å². The third-order valence-electron chi connectivity index (χ3n) is 3.63. The summed E-state index contributed by atoms with van der Waals surface area (Å²) in [5, 5.41) is 3.17.